The van der Waals surface area contributed by atoms with Crippen LogP contribution >= 0.6 is 0 Å². The molecule has 0 aromatic rings. The molecule has 0 aromatic carbocycles. The Morgan fingerprint density at radius 3 is 1.80 bits per heavy atom. The van der Waals surface area contributed by atoms with Gasteiger partial charge in [0.1, 0.15) is 0 Å². The van der Waals surface area contributed by atoms with Crippen LogP contribution in [0.1, 0.15) is 0 Å². The summed E-state index contributed by atoms with van der Waals surface area (Å²) in [6.07, 6.45) is 0. The standard InChI is InChI=1S/C6H17N3O/c7-1-3-9(4-2-8)5-6-10/h10H,1-8H2. The lowest BCUT2D eigenvalue weighted by atomic mass is 10.4. The summed E-state index contributed by atoms with van der Waals surface area (Å²) in [7, 11) is 0. The third-order valence-electron chi connectivity index (χ3n) is 1.31. The predicted octanol–water partition coefficient (Wildman–Crippen LogP) is -1.80. The second-order valence-corrected chi connectivity index (χ2v) is 2.14. The summed E-state index contributed by atoms with van der Waals surface area (Å²) in [5.74, 6) is 0. The van der Waals surface area contributed by atoms with Crippen molar-refractivity contribution in [3.8, 4) is 0 Å². The Kier molecular flexibility index (Phi) is 6.84. The third kappa shape index (κ3) is 4.69. The van der Waals surface area contributed by atoms with Gasteiger partial charge in [-0.25, -0.2) is 0 Å². The molecule has 0 spiro atoms. The molecule has 0 amide bonds. The molecule has 0 saturated heterocycles. The molecule has 0 heterocycles. The van der Waals surface area contributed by atoms with Crippen molar-refractivity contribution < 1.29 is 5.11 Å². The van der Waals surface area contributed by atoms with E-state index < -0.39 is 0 Å². The molecule has 0 aliphatic rings. The highest BCUT2D eigenvalue weighted by Gasteiger charge is 1.99. The molecule has 0 aliphatic carbocycles. The van der Waals surface area contributed by atoms with Gasteiger partial charge in [-0.2, -0.15) is 0 Å². The molecule has 0 aliphatic heterocycles. The van der Waals surface area contributed by atoms with Gasteiger partial charge >= 0.3 is 0 Å². The SMILES string of the molecule is NCCN(CCN)CCO. The van der Waals surface area contributed by atoms with Gasteiger partial charge in [0.2, 0.25) is 0 Å². The monoisotopic (exact) mass is 147 g/mol. The van der Waals surface area contributed by atoms with Gasteiger partial charge in [0.25, 0.3) is 0 Å². The summed E-state index contributed by atoms with van der Waals surface area (Å²) < 4.78 is 0. The maximum absolute atomic E-state index is 8.57. The first-order valence-corrected chi connectivity index (χ1v) is 3.58. The zero-order chi connectivity index (χ0) is 7.82. The Hall–Kier alpha value is -0.160. The molecule has 4 nitrogen and oxygen atoms in total. The van der Waals surface area contributed by atoms with Gasteiger partial charge in [0.15, 0.2) is 0 Å². The molecule has 62 valence electrons. The van der Waals surface area contributed by atoms with E-state index >= 15 is 0 Å². The third-order valence-corrected chi connectivity index (χ3v) is 1.31. The molecule has 0 fully saturated rings. The van der Waals surface area contributed by atoms with Crippen LogP contribution in [0.25, 0.3) is 0 Å². The van der Waals surface area contributed by atoms with Gasteiger partial charge in [0.05, 0.1) is 6.61 Å². The number of nitrogens with zero attached hydrogens (tertiary/aromatic N) is 1. The zero-order valence-electron chi connectivity index (χ0n) is 6.29. The normalized spacial score (nSPS) is 10.8. The first-order chi connectivity index (χ1) is 4.85. The molecule has 10 heavy (non-hydrogen) atoms. The minimum absolute atomic E-state index is 0.181. The summed E-state index contributed by atoms with van der Waals surface area (Å²) in [5, 5.41) is 8.57. The number of nitrogens with two attached hydrogens (primary N) is 2. The summed E-state index contributed by atoms with van der Waals surface area (Å²) in [5.41, 5.74) is 10.7. The molecule has 0 saturated carbocycles. The van der Waals surface area contributed by atoms with E-state index in [1.165, 1.54) is 0 Å². The maximum atomic E-state index is 8.57. The van der Waals surface area contributed by atoms with Crippen molar-refractivity contribution in [2.24, 2.45) is 11.5 Å². The van der Waals surface area contributed by atoms with E-state index in [1.54, 1.807) is 0 Å². The van der Waals surface area contributed by atoms with Crippen LogP contribution in [0.5, 0.6) is 0 Å². The highest BCUT2D eigenvalue weighted by Crippen LogP contribution is 1.82. The lowest BCUT2D eigenvalue weighted by molar-refractivity contribution is 0.202. The maximum Gasteiger partial charge on any atom is 0.0558 e. The number of hydrogen-bond donors (Lipinski definition) is 3. The van der Waals surface area contributed by atoms with E-state index in [4.69, 9.17) is 16.6 Å². The van der Waals surface area contributed by atoms with Crippen molar-refractivity contribution in [1.29, 1.82) is 0 Å². The van der Waals surface area contributed by atoms with Crippen LogP contribution in [-0.2, 0) is 0 Å². The first kappa shape index (κ1) is 9.84. The molecule has 4 heteroatoms. The van der Waals surface area contributed by atoms with Crippen molar-refractivity contribution in [3.05, 3.63) is 0 Å². The van der Waals surface area contributed by atoms with Crippen LogP contribution in [0.3, 0.4) is 0 Å². The fourth-order valence-electron chi connectivity index (χ4n) is 0.842. The fourth-order valence-corrected chi connectivity index (χ4v) is 0.842. The van der Waals surface area contributed by atoms with Crippen LogP contribution < -0.4 is 11.5 Å². The minimum atomic E-state index is 0.181. The van der Waals surface area contributed by atoms with E-state index in [0.717, 1.165) is 13.1 Å². The van der Waals surface area contributed by atoms with Crippen molar-refractivity contribution >= 4 is 0 Å². The Balaban J connectivity index is 3.30. The smallest absolute Gasteiger partial charge is 0.0558 e. The average Bonchev–Trinajstić information content (AvgIpc) is 1.90. The number of hydrogen-bond acceptors (Lipinski definition) is 4. The summed E-state index contributed by atoms with van der Waals surface area (Å²) in [4.78, 5) is 2.04. The second kappa shape index (κ2) is 6.95. The lowest BCUT2D eigenvalue weighted by Gasteiger charge is -2.18. The lowest BCUT2D eigenvalue weighted by Crippen LogP contribution is -2.35. The van der Waals surface area contributed by atoms with Crippen molar-refractivity contribution in [2.75, 3.05) is 39.3 Å². The molecule has 0 atom stereocenters. The molecule has 0 unspecified atom stereocenters. The minimum Gasteiger partial charge on any atom is -0.395 e. The average molecular weight is 147 g/mol. The van der Waals surface area contributed by atoms with Crippen molar-refractivity contribution in [2.45, 2.75) is 0 Å². The van der Waals surface area contributed by atoms with Crippen LogP contribution in [0, 0.1) is 0 Å². The second-order valence-electron chi connectivity index (χ2n) is 2.14. The Labute approximate surface area is 61.8 Å². The van der Waals surface area contributed by atoms with E-state index in [0.29, 0.717) is 19.6 Å². The summed E-state index contributed by atoms with van der Waals surface area (Å²) in [6, 6.07) is 0. The highest BCUT2D eigenvalue weighted by atomic mass is 16.3. The van der Waals surface area contributed by atoms with E-state index in [1.807, 2.05) is 4.90 Å². The van der Waals surface area contributed by atoms with E-state index in [2.05, 4.69) is 0 Å². The number of rotatable bonds is 6. The number of aliphatic hydroxyl groups excluding tert-OH is 1. The van der Waals surface area contributed by atoms with Crippen LogP contribution in [0.2, 0.25) is 0 Å². The van der Waals surface area contributed by atoms with Gasteiger partial charge in [0, 0.05) is 32.7 Å². The largest absolute Gasteiger partial charge is 0.395 e. The molecule has 0 rings (SSSR count). The summed E-state index contributed by atoms with van der Waals surface area (Å²) in [6.45, 7) is 3.74. The van der Waals surface area contributed by atoms with E-state index in [-0.39, 0.29) is 6.61 Å². The van der Waals surface area contributed by atoms with E-state index in [9.17, 15) is 0 Å². The topological polar surface area (TPSA) is 75.5 Å². The first-order valence-electron chi connectivity index (χ1n) is 3.58. The fraction of sp³-hybridized carbons (Fsp3) is 1.00. The van der Waals surface area contributed by atoms with Gasteiger partial charge in [-0.3, -0.25) is 4.90 Å². The van der Waals surface area contributed by atoms with Gasteiger partial charge in [-0.05, 0) is 0 Å². The highest BCUT2D eigenvalue weighted by molar-refractivity contribution is 4.56. The quantitative estimate of drug-likeness (QED) is 0.414. The zero-order valence-corrected chi connectivity index (χ0v) is 6.29. The van der Waals surface area contributed by atoms with Crippen LogP contribution in [-0.4, -0.2) is 49.3 Å². The Morgan fingerprint density at radius 1 is 1.00 bits per heavy atom. The molecular formula is C6H17N3O. The molecular weight excluding hydrogens is 130 g/mol. The summed E-state index contributed by atoms with van der Waals surface area (Å²) >= 11 is 0. The van der Waals surface area contributed by atoms with Crippen molar-refractivity contribution in [1.82, 2.24) is 4.90 Å². The van der Waals surface area contributed by atoms with Gasteiger partial charge in [-0.15, -0.1) is 0 Å². The molecule has 0 aromatic heterocycles. The van der Waals surface area contributed by atoms with Gasteiger partial charge < -0.3 is 16.6 Å². The van der Waals surface area contributed by atoms with Crippen molar-refractivity contribution in [3.63, 3.8) is 0 Å². The van der Waals surface area contributed by atoms with Crippen LogP contribution in [0.4, 0.5) is 0 Å². The van der Waals surface area contributed by atoms with Crippen LogP contribution in [0.15, 0.2) is 0 Å². The number of aliphatic hydroxyl groups is 1. The molecule has 0 bridgehead atoms. The molecule has 0 radical (unpaired) electrons. The Bertz CT molecular complexity index is 55.7. The molecule has 5 N–H and O–H groups in total. The predicted molar refractivity (Wildman–Crippen MR) is 41.6 cm³/mol. The van der Waals surface area contributed by atoms with Gasteiger partial charge in [-0.1, -0.05) is 0 Å². The Morgan fingerprint density at radius 2 is 1.50 bits per heavy atom.